The first kappa shape index (κ1) is 12.9. The van der Waals surface area contributed by atoms with Gasteiger partial charge in [0.2, 0.25) is 5.91 Å². The second-order valence-corrected chi connectivity index (χ2v) is 5.69. The molecule has 0 bridgehead atoms. The van der Waals surface area contributed by atoms with E-state index in [1.165, 1.54) is 25.7 Å². The summed E-state index contributed by atoms with van der Waals surface area (Å²) in [6.07, 6.45) is 9.00. The van der Waals surface area contributed by atoms with Gasteiger partial charge in [-0.05, 0) is 43.9 Å². The lowest BCUT2D eigenvalue weighted by Gasteiger charge is -2.32. The van der Waals surface area contributed by atoms with Crippen molar-refractivity contribution in [1.29, 1.82) is 0 Å². The van der Waals surface area contributed by atoms with Gasteiger partial charge in [0.05, 0.1) is 0 Å². The fourth-order valence-corrected chi connectivity index (χ4v) is 3.24. The van der Waals surface area contributed by atoms with E-state index < -0.39 is 0 Å². The van der Waals surface area contributed by atoms with Gasteiger partial charge in [0.1, 0.15) is 0 Å². The Hall–Kier alpha value is -0.570. The molecule has 1 N–H and O–H groups in total. The first-order valence-electron chi connectivity index (χ1n) is 7.18. The van der Waals surface area contributed by atoms with Crippen LogP contribution < -0.4 is 0 Å². The molecule has 0 radical (unpaired) electrons. The van der Waals surface area contributed by atoms with Gasteiger partial charge in [-0.3, -0.25) is 4.79 Å². The molecule has 1 aliphatic carbocycles. The minimum Gasteiger partial charge on any atom is -0.396 e. The minimum absolute atomic E-state index is 0.292. The van der Waals surface area contributed by atoms with E-state index in [0.717, 1.165) is 38.8 Å². The average Bonchev–Trinajstić information content (AvgIpc) is 2.83. The summed E-state index contributed by atoms with van der Waals surface area (Å²) in [6, 6.07) is 0. The molecule has 17 heavy (non-hydrogen) atoms. The molecule has 1 aliphatic heterocycles. The SMILES string of the molecule is O=C(CC1CCCC1)N1CCC(CCO)CC1. The zero-order valence-corrected chi connectivity index (χ0v) is 10.7. The standard InChI is InChI=1S/C14H25NO2/c16-10-7-12-5-8-15(9-6-12)14(17)11-13-3-1-2-4-13/h12-13,16H,1-11H2. The van der Waals surface area contributed by atoms with Crippen molar-refractivity contribution in [1.82, 2.24) is 4.90 Å². The molecule has 2 aliphatic rings. The van der Waals surface area contributed by atoms with Gasteiger partial charge in [-0.2, -0.15) is 0 Å². The lowest BCUT2D eigenvalue weighted by atomic mass is 9.93. The number of aliphatic hydroxyl groups is 1. The third-order valence-corrected chi connectivity index (χ3v) is 4.44. The van der Waals surface area contributed by atoms with E-state index in [2.05, 4.69) is 0 Å². The van der Waals surface area contributed by atoms with Crippen LogP contribution in [0.2, 0.25) is 0 Å². The smallest absolute Gasteiger partial charge is 0.222 e. The summed E-state index contributed by atoms with van der Waals surface area (Å²) in [6.45, 7) is 2.12. The molecule has 0 spiro atoms. The highest BCUT2D eigenvalue weighted by Crippen LogP contribution is 2.29. The van der Waals surface area contributed by atoms with Crippen LogP contribution in [0.1, 0.15) is 51.4 Å². The van der Waals surface area contributed by atoms with Crippen LogP contribution in [0, 0.1) is 11.8 Å². The maximum absolute atomic E-state index is 12.1. The van der Waals surface area contributed by atoms with Crippen LogP contribution in [0.25, 0.3) is 0 Å². The Morgan fingerprint density at radius 3 is 2.29 bits per heavy atom. The summed E-state index contributed by atoms with van der Waals surface area (Å²) >= 11 is 0. The Kier molecular flexibility index (Phi) is 4.84. The van der Waals surface area contributed by atoms with E-state index in [1.54, 1.807) is 0 Å². The number of hydrogen-bond acceptors (Lipinski definition) is 2. The Bertz CT molecular complexity index is 241. The third-order valence-electron chi connectivity index (χ3n) is 4.44. The van der Waals surface area contributed by atoms with Gasteiger partial charge in [-0.1, -0.05) is 12.8 Å². The second-order valence-electron chi connectivity index (χ2n) is 5.69. The molecule has 2 rings (SSSR count). The molecule has 0 aromatic heterocycles. The summed E-state index contributed by atoms with van der Waals surface area (Å²) in [4.78, 5) is 14.1. The van der Waals surface area contributed by atoms with Crippen LogP contribution >= 0.6 is 0 Å². The van der Waals surface area contributed by atoms with Crippen molar-refractivity contribution in [2.75, 3.05) is 19.7 Å². The lowest BCUT2D eigenvalue weighted by molar-refractivity contribution is -0.133. The average molecular weight is 239 g/mol. The number of nitrogens with zero attached hydrogens (tertiary/aromatic N) is 1. The van der Waals surface area contributed by atoms with E-state index in [0.29, 0.717) is 24.3 Å². The Labute approximate surface area is 104 Å². The molecule has 98 valence electrons. The molecule has 0 aromatic rings. The number of aliphatic hydroxyl groups excluding tert-OH is 1. The summed E-state index contributed by atoms with van der Waals surface area (Å²) in [5.41, 5.74) is 0. The molecule has 1 saturated carbocycles. The van der Waals surface area contributed by atoms with Crippen molar-refractivity contribution < 1.29 is 9.90 Å². The number of piperidine rings is 1. The van der Waals surface area contributed by atoms with E-state index in [9.17, 15) is 4.79 Å². The topological polar surface area (TPSA) is 40.5 Å². The number of amides is 1. The highest BCUT2D eigenvalue weighted by molar-refractivity contribution is 5.76. The predicted molar refractivity (Wildman–Crippen MR) is 67.6 cm³/mol. The van der Waals surface area contributed by atoms with Crippen molar-refractivity contribution >= 4 is 5.91 Å². The van der Waals surface area contributed by atoms with Gasteiger partial charge in [-0.25, -0.2) is 0 Å². The van der Waals surface area contributed by atoms with Crippen LogP contribution in [-0.2, 0) is 4.79 Å². The van der Waals surface area contributed by atoms with Crippen LogP contribution in [0.15, 0.2) is 0 Å². The lowest BCUT2D eigenvalue weighted by Crippen LogP contribution is -2.39. The molecule has 0 atom stereocenters. The molecule has 1 heterocycles. The van der Waals surface area contributed by atoms with Gasteiger partial charge in [0, 0.05) is 26.1 Å². The summed E-state index contributed by atoms with van der Waals surface area (Å²) < 4.78 is 0. The van der Waals surface area contributed by atoms with Gasteiger partial charge in [-0.15, -0.1) is 0 Å². The minimum atomic E-state index is 0.292. The Morgan fingerprint density at radius 2 is 1.71 bits per heavy atom. The number of carbonyl (C=O) groups is 1. The van der Waals surface area contributed by atoms with Crippen molar-refractivity contribution in [2.45, 2.75) is 51.4 Å². The molecular weight excluding hydrogens is 214 g/mol. The number of rotatable bonds is 4. The number of likely N-dealkylation sites (tertiary alicyclic amines) is 1. The predicted octanol–water partition coefficient (Wildman–Crippen LogP) is 2.19. The fourth-order valence-electron chi connectivity index (χ4n) is 3.24. The quantitative estimate of drug-likeness (QED) is 0.817. The molecule has 3 heteroatoms. The number of hydrogen-bond donors (Lipinski definition) is 1. The molecular formula is C14H25NO2. The maximum atomic E-state index is 12.1. The zero-order chi connectivity index (χ0) is 12.1. The monoisotopic (exact) mass is 239 g/mol. The first-order valence-corrected chi connectivity index (χ1v) is 7.18. The number of carbonyl (C=O) groups excluding carboxylic acids is 1. The van der Waals surface area contributed by atoms with E-state index in [-0.39, 0.29) is 0 Å². The molecule has 0 unspecified atom stereocenters. The van der Waals surface area contributed by atoms with Crippen molar-refractivity contribution in [3.63, 3.8) is 0 Å². The van der Waals surface area contributed by atoms with Crippen LogP contribution in [0.5, 0.6) is 0 Å². The van der Waals surface area contributed by atoms with Gasteiger partial charge < -0.3 is 10.0 Å². The fraction of sp³-hybridized carbons (Fsp3) is 0.929. The molecule has 2 fully saturated rings. The largest absolute Gasteiger partial charge is 0.396 e. The van der Waals surface area contributed by atoms with E-state index in [1.807, 2.05) is 4.90 Å². The van der Waals surface area contributed by atoms with Gasteiger partial charge in [0.25, 0.3) is 0 Å². The third kappa shape index (κ3) is 3.70. The molecule has 1 saturated heterocycles. The van der Waals surface area contributed by atoms with Crippen molar-refractivity contribution in [3.8, 4) is 0 Å². The first-order chi connectivity index (χ1) is 8.29. The Balaban J connectivity index is 1.70. The molecule has 0 aromatic carbocycles. The summed E-state index contributed by atoms with van der Waals surface area (Å²) in [5.74, 6) is 1.67. The highest BCUT2D eigenvalue weighted by Gasteiger charge is 2.25. The van der Waals surface area contributed by atoms with Crippen LogP contribution in [0.4, 0.5) is 0 Å². The second kappa shape index (κ2) is 6.39. The molecule has 3 nitrogen and oxygen atoms in total. The van der Waals surface area contributed by atoms with Crippen LogP contribution in [0.3, 0.4) is 0 Å². The van der Waals surface area contributed by atoms with Crippen molar-refractivity contribution in [2.24, 2.45) is 11.8 Å². The van der Waals surface area contributed by atoms with Crippen LogP contribution in [-0.4, -0.2) is 35.6 Å². The zero-order valence-electron chi connectivity index (χ0n) is 10.7. The summed E-state index contributed by atoms with van der Waals surface area (Å²) in [7, 11) is 0. The van der Waals surface area contributed by atoms with Crippen molar-refractivity contribution in [3.05, 3.63) is 0 Å². The normalized spacial score (nSPS) is 23.2. The highest BCUT2D eigenvalue weighted by atomic mass is 16.3. The Morgan fingerprint density at radius 1 is 1.06 bits per heavy atom. The molecule has 1 amide bonds. The summed E-state index contributed by atoms with van der Waals surface area (Å²) in [5, 5.41) is 8.90. The van der Waals surface area contributed by atoms with E-state index in [4.69, 9.17) is 5.11 Å². The maximum Gasteiger partial charge on any atom is 0.222 e. The van der Waals surface area contributed by atoms with E-state index >= 15 is 0 Å². The van der Waals surface area contributed by atoms with Gasteiger partial charge >= 0.3 is 0 Å². The van der Waals surface area contributed by atoms with Gasteiger partial charge in [0.15, 0.2) is 0 Å².